The van der Waals surface area contributed by atoms with E-state index in [0.717, 1.165) is 36.3 Å². The quantitative estimate of drug-likeness (QED) is 0.886. The molecule has 3 N–H and O–H groups in total. The molecule has 1 aliphatic rings. The Balaban J connectivity index is 2.06. The van der Waals surface area contributed by atoms with Gasteiger partial charge in [-0.05, 0) is 18.9 Å². The number of H-pyrrole nitrogens is 1. The fraction of sp³-hybridized carbons (Fsp3) is 0.357. The van der Waals surface area contributed by atoms with Gasteiger partial charge in [0.2, 0.25) is 0 Å². The van der Waals surface area contributed by atoms with Crippen molar-refractivity contribution in [2.24, 2.45) is 0 Å². The summed E-state index contributed by atoms with van der Waals surface area (Å²) >= 11 is 6.27. The molecule has 100 valence electrons. The summed E-state index contributed by atoms with van der Waals surface area (Å²) < 4.78 is 5.55. The fourth-order valence-corrected chi connectivity index (χ4v) is 2.81. The number of aromatic nitrogens is 2. The number of nitrogens with two attached hydrogens (primary N) is 1. The molecule has 0 saturated carbocycles. The summed E-state index contributed by atoms with van der Waals surface area (Å²) in [6.07, 6.45) is 2.14. The summed E-state index contributed by atoms with van der Waals surface area (Å²) in [5.74, 6) is 0.804. The standard InChI is InChI=1S/C14H16ClN3O/c15-11-6-2-1-5-10(11)12-13(17-18-14(12)16)9-4-3-7-19-8-9/h1-2,5-6,9H,3-4,7-8H2,(H3,16,17,18). The Morgan fingerprint density at radius 2 is 2.21 bits per heavy atom. The monoisotopic (exact) mass is 277 g/mol. The van der Waals surface area contributed by atoms with Crippen LogP contribution in [0, 0.1) is 0 Å². The second kappa shape index (κ2) is 5.23. The Hall–Kier alpha value is -1.52. The van der Waals surface area contributed by atoms with Gasteiger partial charge in [-0.1, -0.05) is 29.8 Å². The van der Waals surface area contributed by atoms with Gasteiger partial charge in [-0.3, -0.25) is 5.10 Å². The van der Waals surface area contributed by atoms with Crippen molar-refractivity contribution < 1.29 is 4.74 Å². The largest absolute Gasteiger partial charge is 0.382 e. The fourth-order valence-electron chi connectivity index (χ4n) is 2.58. The van der Waals surface area contributed by atoms with Crippen LogP contribution in [0.15, 0.2) is 24.3 Å². The molecule has 5 heteroatoms. The lowest BCUT2D eigenvalue weighted by Gasteiger charge is -2.22. The zero-order valence-corrected chi connectivity index (χ0v) is 11.3. The van der Waals surface area contributed by atoms with E-state index >= 15 is 0 Å². The van der Waals surface area contributed by atoms with Crippen molar-refractivity contribution in [3.8, 4) is 11.1 Å². The van der Waals surface area contributed by atoms with Crippen LogP contribution in [0.4, 0.5) is 5.82 Å². The highest BCUT2D eigenvalue weighted by atomic mass is 35.5. The first-order valence-electron chi connectivity index (χ1n) is 6.43. The molecule has 1 saturated heterocycles. The Morgan fingerprint density at radius 3 is 2.95 bits per heavy atom. The Bertz CT molecular complexity index is 576. The van der Waals surface area contributed by atoms with Crippen molar-refractivity contribution in [1.82, 2.24) is 10.2 Å². The Labute approximate surface area is 116 Å². The van der Waals surface area contributed by atoms with Gasteiger partial charge >= 0.3 is 0 Å². The molecule has 1 atom stereocenters. The van der Waals surface area contributed by atoms with E-state index in [1.54, 1.807) is 0 Å². The third-order valence-corrected chi connectivity index (χ3v) is 3.86. The van der Waals surface area contributed by atoms with E-state index in [9.17, 15) is 0 Å². The second-order valence-electron chi connectivity index (χ2n) is 4.79. The summed E-state index contributed by atoms with van der Waals surface area (Å²) in [6, 6.07) is 7.70. The highest BCUT2D eigenvalue weighted by Crippen LogP contribution is 2.38. The summed E-state index contributed by atoms with van der Waals surface area (Å²) in [4.78, 5) is 0. The van der Waals surface area contributed by atoms with E-state index in [2.05, 4.69) is 10.2 Å². The molecule has 3 rings (SSSR count). The van der Waals surface area contributed by atoms with Gasteiger partial charge in [0.15, 0.2) is 5.82 Å². The maximum Gasteiger partial charge on any atom is 0.153 e. The van der Waals surface area contributed by atoms with E-state index in [1.165, 1.54) is 0 Å². The lowest BCUT2D eigenvalue weighted by atomic mass is 9.92. The smallest absolute Gasteiger partial charge is 0.153 e. The molecule has 1 aromatic carbocycles. The van der Waals surface area contributed by atoms with Crippen molar-refractivity contribution in [1.29, 1.82) is 0 Å². The number of aromatic amines is 1. The number of nitrogens with one attached hydrogen (secondary N) is 1. The van der Waals surface area contributed by atoms with E-state index in [-0.39, 0.29) is 0 Å². The molecule has 0 radical (unpaired) electrons. The van der Waals surface area contributed by atoms with Crippen LogP contribution in [-0.4, -0.2) is 23.4 Å². The summed E-state index contributed by atoms with van der Waals surface area (Å²) in [6.45, 7) is 1.54. The van der Waals surface area contributed by atoms with Gasteiger partial charge in [-0.25, -0.2) is 0 Å². The molecule has 1 unspecified atom stereocenters. The maximum atomic E-state index is 6.27. The number of ether oxygens (including phenoxy) is 1. The highest BCUT2D eigenvalue weighted by Gasteiger charge is 2.24. The number of hydrogen-bond donors (Lipinski definition) is 2. The number of benzene rings is 1. The Morgan fingerprint density at radius 1 is 1.37 bits per heavy atom. The number of halogens is 1. The molecular formula is C14H16ClN3O. The predicted molar refractivity (Wildman–Crippen MR) is 76.2 cm³/mol. The summed E-state index contributed by atoms with van der Waals surface area (Å²) in [7, 11) is 0. The molecule has 1 aliphatic heterocycles. The maximum absolute atomic E-state index is 6.27. The lowest BCUT2D eigenvalue weighted by molar-refractivity contribution is 0.0794. The molecule has 0 bridgehead atoms. The summed E-state index contributed by atoms with van der Waals surface area (Å²) in [5.41, 5.74) is 8.88. The van der Waals surface area contributed by atoms with Crippen molar-refractivity contribution in [3.05, 3.63) is 35.0 Å². The molecule has 0 amide bonds. The predicted octanol–water partition coefficient (Wildman–Crippen LogP) is 3.21. The van der Waals surface area contributed by atoms with Crippen LogP contribution in [0.5, 0.6) is 0 Å². The third kappa shape index (κ3) is 2.33. The van der Waals surface area contributed by atoms with Crippen molar-refractivity contribution >= 4 is 17.4 Å². The minimum atomic E-state index is 0.310. The van der Waals surface area contributed by atoms with Gasteiger partial charge in [0.25, 0.3) is 0 Å². The van der Waals surface area contributed by atoms with Crippen LogP contribution in [-0.2, 0) is 4.74 Å². The second-order valence-corrected chi connectivity index (χ2v) is 5.20. The number of hydrogen-bond acceptors (Lipinski definition) is 3. The normalized spacial score (nSPS) is 19.5. The summed E-state index contributed by atoms with van der Waals surface area (Å²) in [5, 5.41) is 7.89. The topological polar surface area (TPSA) is 63.9 Å². The minimum absolute atomic E-state index is 0.310. The number of rotatable bonds is 2. The van der Waals surface area contributed by atoms with Crippen LogP contribution in [0.2, 0.25) is 5.02 Å². The van der Waals surface area contributed by atoms with E-state index in [4.69, 9.17) is 22.1 Å². The molecule has 0 spiro atoms. The molecule has 19 heavy (non-hydrogen) atoms. The Kier molecular flexibility index (Phi) is 3.44. The molecule has 4 nitrogen and oxygen atoms in total. The molecule has 1 aromatic heterocycles. The van der Waals surface area contributed by atoms with Crippen molar-refractivity contribution in [3.63, 3.8) is 0 Å². The molecule has 2 aromatic rings. The molecule has 0 aliphatic carbocycles. The van der Waals surface area contributed by atoms with Crippen molar-refractivity contribution in [2.75, 3.05) is 18.9 Å². The van der Waals surface area contributed by atoms with Gasteiger partial charge < -0.3 is 10.5 Å². The van der Waals surface area contributed by atoms with Gasteiger partial charge in [0, 0.05) is 28.7 Å². The molecule has 2 heterocycles. The lowest BCUT2D eigenvalue weighted by Crippen LogP contribution is -2.16. The van der Waals surface area contributed by atoms with Crippen LogP contribution < -0.4 is 5.73 Å². The number of anilines is 1. The first-order valence-corrected chi connectivity index (χ1v) is 6.81. The van der Waals surface area contributed by atoms with Gasteiger partial charge in [-0.15, -0.1) is 0 Å². The first-order chi connectivity index (χ1) is 9.27. The first kappa shape index (κ1) is 12.5. The highest BCUT2D eigenvalue weighted by molar-refractivity contribution is 6.33. The number of nitrogens with zero attached hydrogens (tertiary/aromatic N) is 1. The van der Waals surface area contributed by atoms with E-state index < -0.39 is 0 Å². The van der Waals surface area contributed by atoms with Gasteiger partial charge in [-0.2, -0.15) is 5.10 Å². The van der Waals surface area contributed by atoms with Crippen LogP contribution >= 0.6 is 11.6 Å². The van der Waals surface area contributed by atoms with Crippen LogP contribution in [0.25, 0.3) is 11.1 Å². The van der Waals surface area contributed by atoms with Crippen molar-refractivity contribution in [2.45, 2.75) is 18.8 Å². The zero-order valence-electron chi connectivity index (χ0n) is 10.5. The number of nitrogen functional groups attached to an aromatic ring is 1. The van der Waals surface area contributed by atoms with E-state index in [0.29, 0.717) is 23.4 Å². The van der Waals surface area contributed by atoms with Crippen LogP contribution in [0.3, 0.4) is 0 Å². The van der Waals surface area contributed by atoms with Gasteiger partial charge in [0.1, 0.15) is 0 Å². The van der Waals surface area contributed by atoms with Crippen LogP contribution in [0.1, 0.15) is 24.5 Å². The molecule has 1 fully saturated rings. The average molecular weight is 278 g/mol. The SMILES string of the molecule is Nc1n[nH]c(C2CCCOC2)c1-c1ccccc1Cl. The van der Waals surface area contributed by atoms with E-state index in [1.807, 2.05) is 24.3 Å². The minimum Gasteiger partial charge on any atom is -0.382 e. The molecular weight excluding hydrogens is 262 g/mol. The zero-order chi connectivity index (χ0) is 13.2. The third-order valence-electron chi connectivity index (χ3n) is 3.53. The van der Waals surface area contributed by atoms with Gasteiger partial charge in [0.05, 0.1) is 12.3 Å². The average Bonchev–Trinajstić information content (AvgIpc) is 2.82.